The topological polar surface area (TPSA) is 77.3 Å². The molecule has 1 amide bonds. The SMILES string of the molecule is COc1cccc(-c2nnc(CNC(=O)/C=C(\C)c3ccccc3)o2)c1. The first-order chi connectivity index (χ1) is 12.7. The van der Waals surface area contributed by atoms with Crippen molar-refractivity contribution >= 4 is 11.5 Å². The number of carbonyl (C=O) groups is 1. The van der Waals surface area contributed by atoms with Gasteiger partial charge in [0.25, 0.3) is 0 Å². The highest BCUT2D eigenvalue weighted by Crippen LogP contribution is 2.22. The smallest absolute Gasteiger partial charge is 0.247 e. The Labute approximate surface area is 151 Å². The van der Waals surface area contributed by atoms with Gasteiger partial charge >= 0.3 is 0 Å². The van der Waals surface area contributed by atoms with Crippen LogP contribution < -0.4 is 10.1 Å². The van der Waals surface area contributed by atoms with Crippen LogP contribution >= 0.6 is 0 Å². The van der Waals surface area contributed by atoms with Crippen LogP contribution in [-0.2, 0) is 11.3 Å². The van der Waals surface area contributed by atoms with Gasteiger partial charge in [0.2, 0.25) is 17.7 Å². The number of nitrogens with one attached hydrogen (secondary N) is 1. The summed E-state index contributed by atoms with van der Waals surface area (Å²) in [5, 5.41) is 10.7. The van der Waals surface area contributed by atoms with Crippen LogP contribution in [0.5, 0.6) is 5.75 Å². The molecule has 2 aromatic carbocycles. The van der Waals surface area contributed by atoms with E-state index in [9.17, 15) is 4.79 Å². The summed E-state index contributed by atoms with van der Waals surface area (Å²) in [6.07, 6.45) is 1.55. The molecule has 0 radical (unpaired) electrons. The number of hydrogen-bond acceptors (Lipinski definition) is 5. The quantitative estimate of drug-likeness (QED) is 0.690. The van der Waals surface area contributed by atoms with Crippen molar-refractivity contribution < 1.29 is 13.9 Å². The van der Waals surface area contributed by atoms with E-state index in [4.69, 9.17) is 9.15 Å². The molecule has 0 saturated carbocycles. The molecule has 26 heavy (non-hydrogen) atoms. The zero-order chi connectivity index (χ0) is 18.4. The molecule has 0 aliphatic heterocycles. The van der Waals surface area contributed by atoms with Crippen LogP contribution in [-0.4, -0.2) is 23.2 Å². The maximum Gasteiger partial charge on any atom is 0.247 e. The van der Waals surface area contributed by atoms with Crippen molar-refractivity contribution in [1.82, 2.24) is 15.5 Å². The summed E-state index contributed by atoms with van der Waals surface area (Å²) in [7, 11) is 1.60. The lowest BCUT2D eigenvalue weighted by atomic mass is 10.1. The van der Waals surface area contributed by atoms with E-state index in [-0.39, 0.29) is 12.5 Å². The minimum atomic E-state index is -0.215. The molecule has 0 unspecified atom stereocenters. The molecule has 0 aliphatic carbocycles. The van der Waals surface area contributed by atoms with Gasteiger partial charge in [-0.2, -0.15) is 0 Å². The van der Waals surface area contributed by atoms with Crippen molar-refractivity contribution in [3.63, 3.8) is 0 Å². The fourth-order valence-electron chi connectivity index (χ4n) is 2.39. The van der Waals surface area contributed by atoms with Gasteiger partial charge in [-0.3, -0.25) is 4.79 Å². The summed E-state index contributed by atoms with van der Waals surface area (Å²) < 4.78 is 10.8. The van der Waals surface area contributed by atoms with E-state index in [1.165, 1.54) is 0 Å². The fourth-order valence-corrected chi connectivity index (χ4v) is 2.39. The molecule has 0 atom stereocenters. The third-order valence-corrected chi connectivity index (χ3v) is 3.77. The maximum absolute atomic E-state index is 12.1. The van der Waals surface area contributed by atoms with Crippen LogP contribution in [0.3, 0.4) is 0 Å². The second kappa shape index (κ2) is 8.11. The van der Waals surface area contributed by atoms with Gasteiger partial charge in [0, 0.05) is 11.6 Å². The van der Waals surface area contributed by atoms with Crippen molar-refractivity contribution in [1.29, 1.82) is 0 Å². The lowest BCUT2D eigenvalue weighted by Gasteiger charge is -2.02. The molecule has 132 valence electrons. The second-order valence-corrected chi connectivity index (χ2v) is 5.64. The number of aromatic nitrogens is 2. The number of ether oxygens (including phenoxy) is 1. The van der Waals surface area contributed by atoms with Gasteiger partial charge in [-0.05, 0) is 36.3 Å². The minimum absolute atomic E-state index is 0.161. The van der Waals surface area contributed by atoms with E-state index >= 15 is 0 Å². The molecule has 0 fully saturated rings. The third kappa shape index (κ3) is 4.36. The van der Waals surface area contributed by atoms with Gasteiger partial charge in [-0.1, -0.05) is 36.4 Å². The number of hydrogen-bond donors (Lipinski definition) is 1. The summed E-state index contributed by atoms with van der Waals surface area (Å²) in [5.74, 6) is 1.20. The Morgan fingerprint density at radius 3 is 2.73 bits per heavy atom. The summed E-state index contributed by atoms with van der Waals surface area (Å²) >= 11 is 0. The van der Waals surface area contributed by atoms with Crippen LogP contribution in [0.4, 0.5) is 0 Å². The van der Waals surface area contributed by atoms with Gasteiger partial charge in [0.1, 0.15) is 5.75 Å². The van der Waals surface area contributed by atoms with Crippen molar-refractivity contribution in [2.45, 2.75) is 13.5 Å². The van der Waals surface area contributed by atoms with Crippen LogP contribution in [0.2, 0.25) is 0 Å². The average molecular weight is 349 g/mol. The number of carbonyl (C=O) groups excluding carboxylic acids is 1. The minimum Gasteiger partial charge on any atom is -0.497 e. The highest BCUT2D eigenvalue weighted by molar-refractivity contribution is 5.94. The molecule has 1 heterocycles. The number of rotatable bonds is 6. The summed E-state index contributed by atoms with van der Waals surface area (Å²) in [4.78, 5) is 12.1. The first-order valence-corrected chi connectivity index (χ1v) is 8.14. The number of methoxy groups -OCH3 is 1. The molecule has 1 aromatic heterocycles. The first kappa shape index (κ1) is 17.4. The lowest BCUT2D eigenvalue weighted by Crippen LogP contribution is -2.20. The molecule has 3 rings (SSSR count). The van der Waals surface area contributed by atoms with Gasteiger partial charge in [-0.25, -0.2) is 0 Å². The third-order valence-electron chi connectivity index (χ3n) is 3.77. The Kier molecular flexibility index (Phi) is 5.43. The fraction of sp³-hybridized carbons (Fsp3) is 0.150. The Bertz CT molecular complexity index is 917. The van der Waals surface area contributed by atoms with E-state index in [1.54, 1.807) is 13.2 Å². The summed E-state index contributed by atoms with van der Waals surface area (Å²) in [6.45, 7) is 2.05. The van der Waals surface area contributed by atoms with Crippen LogP contribution in [0.1, 0.15) is 18.4 Å². The molecule has 0 spiro atoms. The highest BCUT2D eigenvalue weighted by Gasteiger charge is 2.10. The number of benzene rings is 2. The van der Waals surface area contributed by atoms with Crippen molar-refractivity contribution in [2.24, 2.45) is 0 Å². The standard InChI is InChI=1S/C20H19N3O3/c1-14(15-7-4-3-5-8-15)11-18(24)21-13-19-22-23-20(26-19)16-9-6-10-17(12-16)25-2/h3-12H,13H2,1-2H3,(H,21,24)/b14-11+. The molecule has 0 aliphatic rings. The largest absolute Gasteiger partial charge is 0.497 e. The average Bonchev–Trinajstić information content (AvgIpc) is 3.16. The summed E-state index contributed by atoms with van der Waals surface area (Å²) in [6, 6.07) is 17.1. The van der Waals surface area contributed by atoms with Crippen molar-refractivity contribution in [3.05, 3.63) is 72.1 Å². The molecule has 0 saturated heterocycles. The number of amides is 1. The van der Waals surface area contributed by atoms with Gasteiger partial charge in [-0.15, -0.1) is 10.2 Å². The lowest BCUT2D eigenvalue weighted by molar-refractivity contribution is -0.116. The normalized spacial score (nSPS) is 11.2. The highest BCUT2D eigenvalue weighted by atomic mass is 16.5. The van der Waals surface area contributed by atoms with Gasteiger partial charge in [0.05, 0.1) is 13.7 Å². The van der Waals surface area contributed by atoms with E-state index < -0.39 is 0 Å². The van der Waals surface area contributed by atoms with Crippen LogP contribution in [0, 0.1) is 0 Å². The Hall–Kier alpha value is -3.41. The van der Waals surface area contributed by atoms with Gasteiger partial charge < -0.3 is 14.5 Å². The van der Waals surface area contributed by atoms with E-state index in [2.05, 4.69) is 15.5 Å². The molecule has 0 bridgehead atoms. The van der Waals surface area contributed by atoms with Crippen LogP contribution in [0.15, 0.2) is 65.1 Å². The molecular weight excluding hydrogens is 330 g/mol. The van der Waals surface area contributed by atoms with Crippen LogP contribution in [0.25, 0.3) is 17.0 Å². The van der Waals surface area contributed by atoms with Crippen molar-refractivity contribution in [3.8, 4) is 17.2 Å². The Balaban J connectivity index is 1.62. The zero-order valence-electron chi connectivity index (χ0n) is 14.6. The van der Waals surface area contributed by atoms with Crippen molar-refractivity contribution in [2.75, 3.05) is 7.11 Å². The molecule has 6 nitrogen and oxygen atoms in total. The molecule has 6 heteroatoms. The van der Waals surface area contributed by atoms with E-state index in [1.807, 2.05) is 61.5 Å². The summed E-state index contributed by atoms with van der Waals surface area (Å²) in [5.41, 5.74) is 2.64. The Morgan fingerprint density at radius 1 is 1.15 bits per heavy atom. The monoisotopic (exact) mass is 349 g/mol. The predicted molar refractivity (Wildman–Crippen MR) is 98.2 cm³/mol. The number of allylic oxidation sites excluding steroid dienone is 1. The number of nitrogens with zero attached hydrogens (tertiary/aromatic N) is 2. The Morgan fingerprint density at radius 2 is 1.96 bits per heavy atom. The zero-order valence-corrected chi connectivity index (χ0v) is 14.6. The first-order valence-electron chi connectivity index (χ1n) is 8.14. The van der Waals surface area contributed by atoms with E-state index in [0.29, 0.717) is 17.5 Å². The van der Waals surface area contributed by atoms with E-state index in [0.717, 1.165) is 16.7 Å². The second-order valence-electron chi connectivity index (χ2n) is 5.64. The maximum atomic E-state index is 12.1. The van der Waals surface area contributed by atoms with Gasteiger partial charge in [0.15, 0.2) is 0 Å². The predicted octanol–water partition coefficient (Wildman–Crippen LogP) is 3.46. The molecule has 3 aromatic rings. The molecule has 1 N–H and O–H groups in total. The molecular formula is C20H19N3O3.